The lowest BCUT2D eigenvalue weighted by atomic mass is 9.99. The summed E-state index contributed by atoms with van der Waals surface area (Å²) in [6.45, 7) is 1.75. The molecule has 140 valence electrons. The van der Waals surface area contributed by atoms with E-state index in [1.807, 2.05) is 55.3 Å². The summed E-state index contributed by atoms with van der Waals surface area (Å²) >= 11 is 0. The molecular formula is C21H24N4O2. The van der Waals surface area contributed by atoms with Crippen LogP contribution in [0.5, 0.6) is 0 Å². The van der Waals surface area contributed by atoms with Crippen LogP contribution in [0.1, 0.15) is 28.0 Å². The van der Waals surface area contributed by atoms with Crippen LogP contribution in [0.25, 0.3) is 11.1 Å². The zero-order chi connectivity index (χ0) is 19.2. The van der Waals surface area contributed by atoms with E-state index in [9.17, 15) is 9.90 Å². The average Bonchev–Trinajstić information content (AvgIpc) is 3.05. The van der Waals surface area contributed by atoms with E-state index in [1.165, 1.54) is 6.20 Å². The fraction of sp³-hybridized carbons (Fsp3) is 0.286. The highest BCUT2D eigenvalue weighted by Crippen LogP contribution is 2.26. The molecule has 1 N–H and O–H groups in total. The Hall–Kier alpha value is -2.99. The van der Waals surface area contributed by atoms with Gasteiger partial charge in [-0.1, -0.05) is 30.3 Å². The first-order valence-electron chi connectivity index (χ1n) is 8.97. The van der Waals surface area contributed by atoms with Crippen molar-refractivity contribution in [2.45, 2.75) is 19.4 Å². The van der Waals surface area contributed by atoms with E-state index in [1.54, 1.807) is 12.3 Å². The van der Waals surface area contributed by atoms with Crippen molar-refractivity contribution in [1.82, 2.24) is 19.7 Å². The maximum Gasteiger partial charge on any atom is 0.336 e. The van der Waals surface area contributed by atoms with Gasteiger partial charge in [-0.05, 0) is 44.3 Å². The van der Waals surface area contributed by atoms with Gasteiger partial charge >= 0.3 is 5.97 Å². The van der Waals surface area contributed by atoms with E-state index in [4.69, 9.17) is 0 Å². The number of aromatic carboxylic acids is 1. The van der Waals surface area contributed by atoms with Crippen molar-refractivity contribution in [3.05, 3.63) is 71.8 Å². The molecule has 3 rings (SSSR count). The Morgan fingerprint density at radius 2 is 1.93 bits per heavy atom. The standard InChI is InChI=1S/C21H24N4O2/c1-24(2)11-6-12-25-20(13-17-14-22-10-9-18(17)21(26)27)19(15-23-25)16-7-4-3-5-8-16/h3-5,7-10,14-15H,6,11-13H2,1-2H3,(H,26,27). The third-order valence-electron chi connectivity index (χ3n) is 4.50. The summed E-state index contributed by atoms with van der Waals surface area (Å²) in [5.41, 5.74) is 4.09. The van der Waals surface area contributed by atoms with Crippen molar-refractivity contribution in [3.8, 4) is 11.1 Å². The van der Waals surface area contributed by atoms with Crippen LogP contribution in [-0.4, -0.2) is 51.4 Å². The topological polar surface area (TPSA) is 71.2 Å². The molecule has 0 saturated carbocycles. The van der Waals surface area contributed by atoms with Gasteiger partial charge in [0, 0.05) is 30.9 Å². The molecule has 0 unspecified atom stereocenters. The first-order chi connectivity index (χ1) is 13.1. The van der Waals surface area contributed by atoms with Crippen LogP contribution in [0.2, 0.25) is 0 Å². The van der Waals surface area contributed by atoms with Crippen LogP contribution in [-0.2, 0) is 13.0 Å². The Kier molecular flexibility index (Phi) is 5.98. The van der Waals surface area contributed by atoms with Gasteiger partial charge in [0.05, 0.1) is 17.5 Å². The lowest BCUT2D eigenvalue weighted by Gasteiger charge is -2.13. The molecule has 1 aromatic carbocycles. The van der Waals surface area contributed by atoms with Crippen molar-refractivity contribution in [2.24, 2.45) is 0 Å². The number of nitrogens with zero attached hydrogens (tertiary/aromatic N) is 4. The smallest absolute Gasteiger partial charge is 0.336 e. The van der Waals surface area contributed by atoms with Gasteiger partial charge in [-0.2, -0.15) is 5.10 Å². The number of benzene rings is 1. The highest BCUT2D eigenvalue weighted by molar-refractivity contribution is 5.89. The van der Waals surface area contributed by atoms with Gasteiger partial charge in [0.2, 0.25) is 0 Å². The molecule has 3 aromatic rings. The zero-order valence-electron chi connectivity index (χ0n) is 15.7. The summed E-state index contributed by atoms with van der Waals surface area (Å²) in [7, 11) is 4.10. The molecule has 0 spiro atoms. The van der Waals surface area contributed by atoms with E-state index in [0.29, 0.717) is 12.0 Å². The Morgan fingerprint density at radius 3 is 2.63 bits per heavy atom. The molecule has 0 atom stereocenters. The molecule has 0 radical (unpaired) electrons. The summed E-state index contributed by atoms with van der Waals surface area (Å²) in [5, 5.41) is 14.1. The number of rotatable bonds is 8. The largest absolute Gasteiger partial charge is 0.478 e. The Bertz CT molecular complexity index is 904. The number of hydrogen-bond donors (Lipinski definition) is 1. The summed E-state index contributed by atoms with van der Waals surface area (Å²) < 4.78 is 1.99. The number of carboxylic acids is 1. The van der Waals surface area contributed by atoms with Gasteiger partial charge in [-0.25, -0.2) is 4.79 Å². The molecule has 0 aliphatic carbocycles. The number of carboxylic acid groups (broad SMARTS) is 1. The van der Waals surface area contributed by atoms with Gasteiger partial charge in [0.1, 0.15) is 0 Å². The van der Waals surface area contributed by atoms with Crippen molar-refractivity contribution < 1.29 is 9.90 Å². The van der Waals surface area contributed by atoms with Crippen LogP contribution in [0.15, 0.2) is 55.0 Å². The number of pyridine rings is 1. The number of hydrogen-bond acceptors (Lipinski definition) is 4. The van der Waals surface area contributed by atoms with Gasteiger partial charge < -0.3 is 10.0 Å². The molecular weight excluding hydrogens is 340 g/mol. The molecule has 27 heavy (non-hydrogen) atoms. The molecule has 2 heterocycles. The summed E-state index contributed by atoms with van der Waals surface area (Å²) in [5.74, 6) is -0.938. The maximum atomic E-state index is 11.6. The van der Waals surface area contributed by atoms with Crippen molar-refractivity contribution in [2.75, 3.05) is 20.6 Å². The summed E-state index contributed by atoms with van der Waals surface area (Å²) in [6.07, 6.45) is 6.46. The van der Waals surface area contributed by atoms with Gasteiger partial charge in [-0.3, -0.25) is 9.67 Å². The van der Waals surface area contributed by atoms with Crippen LogP contribution >= 0.6 is 0 Å². The number of aryl methyl sites for hydroxylation is 1. The normalized spacial score (nSPS) is 11.1. The second-order valence-electron chi connectivity index (χ2n) is 6.77. The molecule has 0 saturated heterocycles. The highest BCUT2D eigenvalue weighted by atomic mass is 16.4. The third kappa shape index (κ3) is 4.60. The Labute approximate surface area is 159 Å². The number of carbonyl (C=O) groups is 1. The molecule has 0 amide bonds. The minimum atomic E-state index is -0.938. The fourth-order valence-corrected chi connectivity index (χ4v) is 3.14. The predicted octanol–water partition coefficient (Wildman–Crippen LogP) is 3.19. The SMILES string of the molecule is CN(C)CCCn1ncc(-c2ccccc2)c1Cc1cnccc1C(=O)O. The van der Waals surface area contributed by atoms with Gasteiger partial charge in [-0.15, -0.1) is 0 Å². The monoisotopic (exact) mass is 364 g/mol. The van der Waals surface area contributed by atoms with Crippen molar-refractivity contribution >= 4 is 5.97 Å². The summed E-state index contributed by atoms with van der Waals surface area (Å²) in [6, 6.07) is 11.6. The zero-order valence-corrected chi connectivity index (χ0v) is 15.7. The van der Waals surface area contributed by atoms with E-state index in [2.05, 4.69) is 15.0 Å². The second-order valence-corrected chi connectivity index (χ2v) is 6.77. The van der Waals surface area contributed by atoms with Crippen LogP contribution < -0.4 is 0 Å². The lowest BCUT2D eigenvalue weighted by Crippen LogP contribution is -2.16. The lowest BCUT2D eigenvalue weighted by molar-refractivity contribution is 0.0695. The Morgan fingerprint density at radius 1 is 1.15 bits per heavy atom. The first kappa shape index (κ1) is 18.8. The predicted molar refractivity (Wildman–Crippen MR) is 105 cm³/mol. The van der Waals surface area contributed by atoms with E-state index < -0.39 is 5.97 Å². The number of aromatic nitrogens is 3. The van der Waals surface area contributed by atoms with E-state index in [0.717, 1.165) is 36.3 Å². The van der Waals surface area contributed by atoms with Crippen LogP contribution in [0.4, 0.5) is 0 Å². The quantitative estimate of drug-likeness (QED) is 0.665. The van der Waals surface area contributed by atoms with Crippen molar-refractivity contribution in [3.63, 3.8) is 0 Å². The van der Waals surface area contributed by atoms with E-state index in [-0.39, 0.29) is 5.56 Å². The molecule has 6 nitrogen and oxygen atoms in total. The average molecular weight is 364 g/mol. The molecule has 2 aromatic heterocycles. The van der Waals surface area contributed by atoms with Crippen LogP contribution in [0, 0.1) is 0 Å². The molecule has 0 aliphatic rings. The first-order valence-corrected chi connectivity index (χ1v) is 8.97. The second kappa shape index (κ2) is 8.60. The minimum absolute atomic E-state index is 0.282. The maximum absolute atomic E-state index is 11.6. The fourth-order valence-electron chi connectivity index (χ4n) is 3.14. The van der Waals surface area contributed by atoms with Crippen molar-refractivity contribution in [1.29, 1.82) is 0 Å². The van der Waals surface area contributed by atoms with Gasteiger partial charge in [0.25, 0.3) is 0 Å². The molecule has 0 bridgehead atoms. The molecule has 6 heteroatoms. The van der Waals surface area contributed by atoms with E-state index >= 15 is 0 Å². The van der Waals surface area contributed by atoms with Crippen LogP contribution in [0.3, 0.4) is 0 Å². The third-order valence-corrected chi connectivity index (χ3v) is 4.50. The minimum Gasteiger partial charge on any atom is -0.478 e. The molecule has 0 fully saturated rings. The van der Waals surface area contributed by atoms with Gasteiger partial charge in [0.15, 0.2) is 0 Å². The summed E-state index contributed by atoms with van der Waals surface area (Å²) in [4.78, 5) is 17.9. The molecule has 0 aliphatic heterocycles. The highest BCUT2D eigenvalue weighted by Gasteiger charge is 2.17. The Balaban J connectivity index is 1.98.